The van der Waals surface area contributed by atoms with Crippen LogP contribution in [0.25, 0.3) is 0 Å². The Bertz CT molecular complexity index is 652. The molecule has 6 nitrogen and oxygen atoms in total. The van der Waals surface area contributed by atoms with Gasteiger partial charge in [0.25, 0.3) is 5.82 Å². The number of rotatable bonds is 3. The molecule has 0 unspecified atom stereocenters. The third-order valence-corrected chi connectivity index (χ3v) is 3.36. The molecule has 0 aromatic carbocycles. The van der Waals surface area contributed by atoms with Gasteiger partial charge in [0.1, 0.15) is 10.9 Å². The largest absolute Gasteiger partial charge is 0.453 e. The average Bonchev–Trinajstić information content (AvgIpc) is 2.70. The molecule has 0 atom stereocenters. The quantitative estimate of drug-likeness (QED) is 0.691. The average molecular weight is 318 g/mol. The maximum absolute atomic E-state index is 12.6. The summed E-state index contributed by atoms with van der Waals surface area (Å²) in [5, 5.41) is 6.90. The molecule has 0 fully saturated rings. The summed E-state index contributed by atoms with van der Waals surface area (Å²) in [4.78, 5) is 8.54. The van der Waals surface area contributed by atoms with Crippen molar-refractivity contribution < 1.29 is 13.2 Å². The predicted octanol–water partition coefficient (Wildman–Crippen LogP) is 2.38. The third kappa shape index (κ3) is 3.43. The number of aryl methyl sites for hydroxylation is 1. The summed E-state index contributed by atoms with van der Waals surface area (Å²) in [7, 11) is 0. The van der Waals surface area contributed by atoms with E-state index in [2.05, 4.69) is 20.2 Å². The van der Waals surface area contributed by atoms with Gasteiger partial charge in [0, 0.05) is 11.6 Å². The van der Waals surface area contributed by atoms with Gasteiger partial charge in [0.15, 0.2) is 0 Å². The van der Waals surface area contributed by atoms with E-state index in [0.717, 1.165) is 17.5 Å². The van der Waals surface area contributed by atoms with Gasteiger partial charge in [0.05, 0.1) is 0 Å². The molecule has 0 spiro atoms. The predicted molar refractivity (Wildman–Crippen MR) is 70.2 cm³/mol. The summed E-state index contributed by atoms with van der Waals surface area (Å²) in [5.41, 5.74) is 0.718. The van der Waals surface area contributed by atoms with E-state index in [1.165, 1.54) is 0 Å². The van der Waals surface area contributed by atoms with E-state index in [0.29, 0.717) is 15.5 Å². The Balaban J connectivity index is 2.33. The van der Waals surface area contributed by atoms with Gasteiger partial charge < -0.3 is 5.84 Å². The third-order valence-electron chi connectivity index (χ3n) is 2.48. The molecule has 0 aliphatic heterocycles. The molecule has 0 aliphatic rings. The van der Waals surface area contributed by atoms with Gasteiger partial charge >= 0.3 is 6.18 Å². The summed E-state index contributed by atoms with van der Waals surface area (Å²) in [6.45, 7) is 5.64. The molecule has 2 rings (SSSR count). The summed E-state index contributed by atoms with van der Waals surface area (Å²) in [6, 6.07) is 1.65. The van der Waals surface area contributed by atoms with Gasteiger partial charge in [-0.15, -0.1) is 10.2 Å². The molecule has 114 valence electrons. The minimum atomic E-state index is -4.65. The van der Waals surface area contributed by atoms with Gasteiger partial charge in [-0.2, -0.15) is 13.2 Å². The number of hydrogen-bond donors (Lipinski definition) is 1. The second-order valence-electron chi connectivity index (χ2n) is 4.64. The number of nitrogen functional groups attached to an aromatic ring is 1. The molecule has 0 bridgehead atoms. The summed E-state index contributed by atoms with van der Waals surface area (Å²) >= 11 is 0.910. The van der Waals surface area contributed by atoms with Crippen molar-refractivity contribution in [1.29, 1.82) is 0 Å². The molecule has 2 aromatic heterocycles. The standard InChI is InChI=1S/C11H13F3N6S/c1-5(2)8-16-6(3)4-7(17-8)21-10-19-18-9(20(10)15)11(12,13)14/h4-5H,15H2,1-3H3. The highest BCUT2D eigenvalue weighted by atomic mass is 32.2. The van der Waals surface area contributed by atoms with Crippen molar-refractivity contribution in [2.24, 2.45) is 0 Å². The monoisotopic (exact) mass is 318 g/mol. The van der Waals surface area contributed by atoms with Gasteiger partial charge in [0.2, 0.25) is 5.16 Å². The lowest BCUT2D eigenvalue weighted by atomic mass is 10.2. The molecular formula is C11H13F3N6S. The molecule has 2 heterocycles. The van der Waals surface area contributed by atoms with E-state index in [4.69, 9.17) is 5.84 Å². The fraction of sp³-hybridized carbons (Fsp3) is 0.455. The smallest absolute Gasteiger partial charge is 0.335 e. The number of halogens is 3. The Labute approximate surface area is 123 Å². The van der Waals surface area contributed by atoms with Crippen LogP contribution >= 0.6 is 11.8 Å². The van der Waals surface area contributed by atoms with Crippen molar-refractivity contribution in [3.63, 3.8) is 0 Å². The van der Waals surface area contributed by atoms with E-state index in [1.54, 1.807) is 13.0 Å². The normalized spacial score (nSPS) is 12.1. The fourth-order valence-corrected chi connectivity index (χ4v) is 2.33. The highest BCUT2D eigenvalue weighted by molar-refractivity contribution is 7.99. The van der Waals surface area contributed by atoms with Gasteiger partial charge in [-0.1, -0.05) is 13.8 Å². The maximum Gasteiger partial charge on any atom is 0.453 e. The molecule has 0 saturated heterocycles. The zero-order valence-corrected chi connectivity index (χ0v) is 12.3. The molecule has 2 aromatic rings. The number of hydrogen-bond acceptors (Lipinski definition) is 6. The van der Waals surface area contributed by atoms with Crippen molar-refractivity contribution in [3.05, 3.63) is 23.4 Å². The molecule has 2 N–H and O–H groups in total. The first kappa shape index (κ1) is 15.5. The second-order valence-corrected chi connectivity index (χ2v) is 5.62. The fourth-order valence-electron chi connectivity index (χ4n) is 1.51. The topological polar surface area (TPSA) is 82.5 Å². The van der Waals surface area contributed by atoms with Crippen molar-refractivity contribution in [2.45, 2.75) is 43.0 Å². The molecular weight excluding hydrogens is 305 g/mol. The number of alkyl halides is 3. The molecule has 0 saturated carbocycles. The molecule has 0 amide bonds. The second kappa shape index (κ2) is 5.51. The summed E-state index contributed by atoms with van der Waals surface area (Å²) < 4.78 is 38.2. The molecule has 21 heavy (non-hydrogen) atoms. The lowest BCUT2D eigenvalue weighted by Gasteiger charge is -2.08. The Morgan fingerprint density at radius 3 is 2.43 bits per heavy atom. The molecule has 0 aliphatic carbocycles. The lowest BCUT2D eigenvalue weighted by Crippen LogP contribution is -2.21. The Morgan fingerprint density at radius 2 is 1.90 bits per heavy atom. The first-order chi connectivity index (χ1) is 9.68. The number of nitrogens with two attached hydrogens (primary N) is 1. The van der Waals surface area contributed by atoms with Crippen molar-refractivity contribution in [2.75, 3.05) is 5.84 Å². The van der Waals surface area contributed by atoms with E-state index in [-0.39, 0.29) is 11.1 Å². The Hall–Kier alpha value is -1.84. The van der Waals surface area contributed by atoms with E-state index >= 15 is 0 Å². The SMILES string of the molecule is Cc1cc(Sc2nnc(C(F)(F)F)n2N)nc(C(C)C)n1. The van der Waals surface area contributed by atoms with Gasteiger partial charge in [-0.05, 0) is 24.8 Å². The van der Waals surface area contributed by atoms with Crippen LogP contribution in [-0.2, 0) is 6.18 Å². The zero-order chi connectivity index (χ0) is 15.8. The van der Waals surface area contributed by atoms with Crippen LogP contribution in [0.3, 0.4) is 0 Å². The van der Waals surface area contributed by atoms with Crippen LogP contribution in [0.4, 0.5) is 13.2 Å². The van der Waals surface area contributed by atoms with Crippen LogP contribution in [-0.4, -0.2) is 24.8 Å². The summed E-state index contributed by atoms with van der Waals surface area (Å²) in [6.07, 6.45) is -4.65. The molecule has 10 heteroatoms. The molecule has 0 radical (unpaired) electrons. The number of aromatic nitrogens is 5. The minimum absolute atomic E-state index is 0.0878. The highest BCUT2D eigenvalue weighted by Crippen LogP contribution is 2.31. The number of nitrogens with zero attached hydrogens (tertiary/aromatic N) is 5. The van der Waals surface area contributed by atoms with Crippen LogP contribution in [0, 0.1) is 6.92 Å². The van der Waals surface area contributed by atoms with E-state index in [9.17, 15) is 13.2 Å². The first-order valence-electron chi connectivity index (χ1n) is 5.99. The lowest BCUT2D eigenvalue weighted by molar-refractivity contribution is -0.146. The van der Waals surface area contributed by atoms with Crippen molar-refractivity contribution in [1.82, 2.24) is 24.8 Å². The van der Waals surface area contributed by atoms with Crippen molar-refractivity contribution >= 4 is 11.8 Å². The van der Waals surface area contributed by atoms with Crippen LogP contribution in [0.1, 0.15) is 37.1 Å². The Morgan fingerprint density at radius 1 is 1.24 bits per heavy atom. The Kier molecular flexibility index (Phi) is 4.08. The minimum Gasteiger partial charge on any atom is -0.335 e. The van der Waals surface area contributed by atoms with Crippen LogP contribution < -0.4 is 5.84 Å². The zero-order valence-electron chi connectivity index (χ0n) is 11.5. The van der Waals surface area contributed by atoms with E-state index < -0.39 is 12.0 Å². The van der Waals surface area contributed by atoms with Crippen LogP contribution in [0.2, 0.25) is 0 Å². The summed E-state index contributed by atoms with van der Waals surface area (Å²) in [5.74, 6) is 4.84. The van der Waals surface area contributed by atoms with Crippen LogP contribution in [0.15, 0.2) is 16.2 Å². The van der Waals surface area contributed by atoms with Crippen LogP contribution in [0.5, 0.6) is 0 Å². The maximum atomic E-state index is 12.6. The van der Waals surface area contributed by atoms with Gasteiger partial charge in [-0.3, -0.25) is 0 Å². The first-order valence-corrected chi connectivity index (χ1v) is 6.81. The van der Waals surface area contributed by atoms with E-state index in [1.807, 2.05) is 13.8 Å². The van der Waals surface area contributed by atoms with Crippen molar-refractivity contribution in [3.8, 4) is 0 Å². The highest BCUT2D eigenvalue weighted by Gasteiger charge is 2.38. The van der Waals surface area contributed by atoms with Gasteiger partial charge in [-0.25, -0.2) is 14.6 Å².